The first kappa shape index (κ1) is 31.8. The lowest BCUT2D eigenvalue weighted by molar-refractivity contribution is -0.111. The number of hydrogen-bond acceptors (Lipinski definition) is 10. The second kappa shape index (κ2) is 12.6. The molecule has 0 spiro atoms. The van der Waals surface area contributed by atoms with Gasteiger partial charge in [-0.05, 0) is 36.4 Å². The molecule has 0 aliphatic carbocycles. The van der Waals surface area contributed by atoms with Crippen molar-refractivity contribution >= 4 is 65.5 Å². The highest BCUT2D eigenvalue weighted by Gasteiger charge is 2.35. The van der Waals surface area contributed by atoms with Gasteiger partial charge in [0.25, 0.3) is 20.2 Å². The van der Waals surface area contributed by atoms with E-state index in [2.05, 4.69) is 19.9 Å². The van der Waals surface area contributed by atoms with Crippen LogP contribution in [0.15, 0.2) is 36.4 Å². The molecule has 2 aromatic carbocycles. The highest BCUT2D eigenvalue weighted by molar-refractivity contribution is 7.85. The summed E-state index contributed by atoms with van der Waals surface area (Å²) in [6.07, 6.45) is -5.19. The highest BCUT2D eigenvalue weighted by atomic mass is 35.5. The lowest BCUT2D eigenvalue weighted by atomic mass is 10.0. The van der Waals surface area contributed by atoms with Gasteiger partial charge in [0.05, 0.1) is 34.6 Å². The molecule has 210 valence electrons. The number of benzene rings is 2. The lowest BCUT2D eigenvalue weighted by Gasteiger charge is -2.24. The standard InChI is InChI=1S/C18H16Cl2N4O4.2CH4O3S/c19-7-1-3-9-11(5-7)23-17(21-9)15(27)13(25)14(26)16(28)18-22-10-4-2-8(20)6-12(10)24-18;2*1-5(2,3)4/h1-6,13-16,25-28H,(H,21,23)(H,22,24);2*1H3,(H,2,3,4)/t13-,14-,15-,16-;;/m0../s1. The molecule has 38 heavy (non-hydrogen) atoms. The number of rotatable bonds is 5. The predicted molar refractivity (Wildman–Crippen MR) is 139 cm³/mol. The Morgan fingerprint density at radius 3 is 1.26 bits per heavy atom. The summed E-state index contributed by atoms with van der Waals surface area (Å²) in [5, 5.41) is 42.5. The fourth-order valence-electron chi connectivity index (χ4n) is 2.98. The van der Waals surface area contributed by atoms with Crippen molar-refractivity contribution in [2.75, 3.05) is 12.5 Å². The van der Waals surface area contributed by atoms with Crippen molar-refractivity contribution in [1.29, 1.82) is 0 Å². The first-order valence-electron chi connectivity index (χ1n) is 10.2. The number of hydrogen-bond donors (Lipinski definition) is 8. The van der Waals surface area contributed by atoms with Crippen LogP contribution in [0.3, 0.4) is 0 Å². The summed E-state index contributed by atoms with van der Waals surface area (Å²) in [6.45, 7) is 0. The van der Waals surface area contributed by atoms with E-state index in [1.165, 1.54) is 0 Å². The lowest BCUT2D eigenvalue weighted by Crippen LogP contribution is -2.37. The summed E-state index contributed by atoms with van der Waals surface area (Å²) >= 11 is 11.8. The van der Waals surface area contributed by atoms with Crippen molar-refractivity contribution in [2.45, 2.75) is 24.4 Å². The van der Waals surface area contributed by atoms with Crippen molar-refractivity contribution in [3.63, 3.8) is 0 Å². The number of aromatic nitrogens is 4. The molecule has 0 unspecified atom stereocenters. The molecule has 0 bridgehead atoms. The number of fused-ring (bicyclic) bond motifs is 2. The summed E-state index contributed by atoms with van der Waals surface area (Å²) in [5.74, 6) is 0.0693. The Kier molecular flexibility index (Phi) is 10.6. The van der Waals surface area contributed by atoms with Gasteiger partial charge in [-0.1, -0.05) is 23.2 Å². The summed E-state index contributed by atoms with van der Waals surface area (Å²) in [4.78, 5) is 14.0. The van der Waals surface area contributed by atoms with E-state index in [1.807, 2.05) is 0 Å². The van der Waals surface area contributed by atoms with Crippen LogP contribution in [0.25, 0.3) is 22.1 Å². The molecule has 14 nitrogen and oxygen atoms in total. The summed E-state index contributed by atoms with van der Waals surface area (Å²) < 4.78 is 51.7. The molecule has 4 aromatic rings. The Morgan fingerprint density at radius 1 is 0.684 bits per heavy atom. The van der Waals surface area contributed by atoms with Gasteiger partial charge in [0.1, 0.15) is 36.1 Å². The Bertz CT molecular complexity index is 1470. The third kappa shape index (κ3) is 10.1. The number of halogens is 2. The number of H-pyrrole nitrogens is 2. The second-order valence-electron chi connectivity index (χ2n) is 7.90. The topological polar surface area (TPSA) is 247 Å². The Labute approximate surface area is 226 Å². The molecule has 0 aliphatic rings. The number of imidazole rings is 2. The van der Waals surface area contributed by atoms with Crippen LogP contribution in [0.1, 0.15) is 23.9 Å². The zero-order valence-electron chi connectivity index (χ0n) is 19.6. The number of nitrogens with one attached hydrogen (secondary N) is 2. The molecule has 0 amide bonds. The van der Waals surface area contributed by atoms with Crippen LogP contribution in [0.4, 0.5) is 0 Å². The van der Waals surface area contributed by atoms with Gasteiger partial charge in [-0.2, -0.15) is 16.8 Å². The Hall–Kier alpha value is -2.38. The number of aliphatic hydroxyl groups is 4. The third-order valence-electron chi connectivity index (χ3n) is 4.48. The zero-order valence-corrected chi connectivity index (χ0v) is 22.7. The van der Waals surface area contributed by atoms with E-state index >= 15 is 0 Å². The van der Waals surface area contributed by atoms with Gasteiger partial charge >= 0.3 is 0 Å². The molecular weight excluding hydrogens is 591 g/mol. The van der Waals surface area contributed by atoms with Crippen molar-refractivity contribution in [3.05, 3.63) is 58.1 Å². The molecular formula is C20H24Cl2N4O10S2. The van der Waals surface area contributed by atoms with E-state index in [0.29, 0.717) is 44.6 Å². The maximum absolute atomic E-state index is 10.4. The largest absolute Gasteiger partial charge is 0.387 e. The molecule has 0 fully saturated rings. The Balaban J connectivity index is 0.000000435. The van der Waals surface area contributed by atoms with E-state index in [0.717, 1.165) is 0 Å². The quantitative estimate of drug-likeness (QED) is 0.148. The van der Waals surface area contributed by atoms with Crippen LogP contribution in [0.2, 0.25) is 10.0 Å². The van der Waals surface area contributed by atoms with E-state index in [1.54, 1.807) is 36.4 Å². The monoisotopic (exact) mass is 614 g/mol. The van der Waals surface area contributed by atoms with Crippen molar-refractivity contribution in [3.8, 4) is 0 Å². The van der Waals surface area contributed by atoms with Gasteiger partial charge in [-0.25, -0.2) is 9.97 Å². The number of aliphatic hydroxyl groups excluding tert-OH is 4. The molecule has 4 atom stereocenters. The van der Waals surface area contributed by atoms with E-state index in [-0.39, 0.29) is 11.6 Å². The molecule has 0 aliphatic heterocycles. The van der Waals surface area contributed by atoms with Gasteiger partial charge in [0.2, 0.25) is 0 Å². The number of nitrogens with zero attached hydrogens (tertiary/aromatic N) is 2. The van der Waals surface area contributed by atoms with E-state index in [4.69, 9.17) is 32.3 Å². The van der Waals surface area contributed by atoms with Crippen LogP contribution in [-0.4, -0.2) is 91.0 Å². The van der Waals surface area contributed by atoms with Gasteiger partial charge < -0.3 is 30.4 Å². The minimum atomic E-state index is -3.67. The predicted octanol–water partition coefficient (Wildman–Crippen LogP) is 1.24. The highest BCUT2D eigenvalue weighted by Crippen LogP contribution is 2.27. The first-order valence-corrected chi connectivity index (χ1v) is 14.7. The summed E-state index contributed by atoms with van der Waals surface area (Å²) in [7, 11) is -7.33. The molecule has 0 saturated heterocycles. The van der Waals surface area contributed by atoms with E-state index in [9.17, 15) is 37.3 Å². The molecule has 2 aromatic heterocycles. The van der Waals surface area contributed by atoms with Crippen molar-refractivity contribution in [1.82, 2.24) is 19.9 Å². The van der Waals surface area contributed by atoms with Crippen LogP contribution >= 0.6 is 23.2 Å². The third-order valence-corrected chi connectivity index (χ3v) is 4.95. The Morgan fingerprint density at radius 2 is 0.974 bits per heavy atom. The van der Waals surface area contributed by atoms with Crippen molar-refractivity contribution in [2.24, 2.45) is 0 Å². The molecule has 8 N–H and O–H groups in total. The average molecular weight is 615 g/mol. The minimum absolute atomic E-state index is 0.0346. The van der Waals surface area contributed by atoms with Gasteiger partial charge in [-0.15, -0.1) is 0 Å². The summed E-state index contributed by atoms with van der Waals surface area (Å²) in [6, 6.07) is 9.84. The maximum atomic E-state index is 10.4. The van der Waals surface area contributed by atoms with Gasteiger partial charge in [0.15, 0.2) is 0 Å². The summed E-state index contributed by atoms with van der Waals surface area (Å²) in [5.41, 5.74) is 2.21. The zero-order chi connectivity index (χ0) is 29.0. The fraction of sp³-hybridized carbons (Fsp3) is 0.300. The molecule has 0 saturated carbocycles. The van der Waals surface area contributed by atoms with Gasteiger partial charge in [0, 0.05) is 10.0 Å². The molecule has 18 heteroatoms. The van der Waals surface area contributed by atoms with E-state index < -0.39 is 44.7 Å². The van der Waals surface area contributed by atoms with Gasteiger partial charge in [-0.3, -0.25) is 9.11 Å². The van der Waals surface area contributed by atoms with Crippen LogP contribution < -0.4 is 0 Å². The second-order valence-corrected chi connectivity index (χ2v) is 11.7. The van der Waals surface area contributed by atoms with Crippen LogP contribution in [0, 0.1) is 0 Å². The SMILES string of the molecule is CS(=O)(=O)O.CS(=O)(=O)O.O[C@@H]([C@H](O)[C@H](O)c1nc2ccc(Cl)cc2[nH]1)[C@H](O)c1nc2ccc(Cl)cc2[nH]1. The average Bonchev–Trinajstić information content (AvgIpc) is 3.38. The number of aromatic amines is 2. The van der Waals surface area contributed by atoms with Crippen molar-refractivity contribution < 1.29 is 46.4 Å². The molecule has 0 radical (unpaired) electrons. The normalized spacial score (nSPS) is 15.1. The first-order chi connectivity index (χ1) is 17.3. The smallest absolute Gasteiger partial charge is 0.261 e. The van der Waals surface area contributed by atoms with Crippen LogP contribution in [-0.2, 0) is 20.2 Å². The minimum Gasteiger partial charge on any atom is -0.387 e. The fourth-order valence-corrected chi connectivity index (χ4v) is 3.32. The molecule has 2 heterocycles. The maximum Gasteiger partial charge on any atom is 0.261 e. The van der Waals surface area contributed by atoms with Crippen LogP contribution in [0.5, 0.6) is 0 Å². The molecule has 4 rings (SSSR count).